The number of aromatic carboxylic acids is 1. The predicted molar refractivity (Wildman–Crippen MR) is 69.8 cm³/mol. The van der Waals surface area contributed by atoms with E-state index in [9.17, 15) is 4.79 Å². The van der Waals surface area contributed by atoms with E-state index < -0.39 is 5.97 Å². The highest BCUT2D eigenvalue weighted by atomic mass is 35.5. The summed E-state index contributed by atoms with van der Waals surface area (Å²) in [4.78, 5) is 13.5. The molecule has 0 amide bonds. The second-order valence-electron chi connectivity index (χ2n) is 3.72. The Morgan fingerprint density at radius 2 is 2.00 bits per heavy atom. The molecule has 5 heteroatoms. The number of para-hydroxylation sites is 1. The van der Waals surface area contributed by atoms with Gasteiger partial charge in [-0.15, -0.1) is 11.3 Å². The lowest BCUT2D eigenvalue weighted by Crippen LogP contribution is -3.00. The van der Waals surface area contributed by atoms with E-state index in [1.807, 2.05) is 6.07 Å². The maximum Gasteiger partial charge on any atom is 0.337 e. The Morgan fingerprint density at radius 1 is 1.28 bits per heavy atom. The normalized spacial score (nSPS) is 9.61. The fourth-order valence-electron chi connectivity index (χ4n) is 1.59. The number of halogens is 1. The first-order valence-electron chi connectivity index (χ1n) is 5.28. The summed E-state index contributed by atoms with van der Waals surface area (Å²) < 4.78 is 0. The third kappa shape index (κ3) is 3.48. The standard InChI is InChI=1S/C13H13NO2S.ClH/c1-9-6-7-10(17-9)8-14-12-5-3-2-4-11(12)13(15)16;/h2-7,14H,8H2,1H3,(H,15,16);1H/p-1. The van der Waals surface area contributed by atoms with Crippen molar-refractivity contribution in [1.82, 2.24) is 0 Å². The van der Waals surface area contributed by atoms with Crippen molar-refractivity contribution >= 4 is 23.0 Å². The van der Waals surface area contributed by atoms with Crippen LogP contribution in [-0.4, -0.2) is 11.1 Å². The molecule has 2 rings (SSSR count). The van der Waals surface area contributed by atoms with Gasteiger partial charge in [-0.25, -0.2) is 4.79 Å². The van der Waals surface area contributed by atoms with E-state index in [-0.39, 0.29) is 12.4 Å². The number of anilines is 1. The molecule has 1 heterocycles. The molecular weight excluding hydrogens is 270 g/mol. The molecule has 0 bridgehead atoms. The molecule has 0 fully saturated rings. The Balaban J connectivity index is 0.00000162. The number of hydrogen-bond acceptors (Lipinski definition) is 3. The van der Waals surface area contributed by atoms with Crippen molar-refractivity contribution in [2.24, 2.45) is 0 Å². The maximum atomic E-state index is 11.0. The molecule has 2 aromatic rings. The zero-order valence-corrected chi connectivity index (χ0v) is 11.4. The van der Waals surface area contributed by atoms with Gasteiger partial charge in [-0.2, -0.15) is 0 Å². The highest BCUT2D eigenvalue weighted by Gasteiger charge is 2.08. The van der Waals surface area contributed by atoms with E-state index in [1.54, 1.807) is 29.5 Å². The van der Waals surface area contributed by atoms with Crippen LogP contribution in [0.25, 0.3) is 0 Å². The summed E-state index contributed by atoms with van der Waals surface area (Å²) in [6, 6.07) is 11.0. The number of carbonyl (C=O) groups is 1. The van der Waals surface area contributed by atoms with Gasteiger partial charge < -0.3 is 22.8 Å². The van der Waals surface area contributed by atoms with E-state index >= 15 is 0 Å². The molecule has 18 heavy (non-hydrogen) atoms. The van der Waals surface area contributed by atoms with Gasteiger partial charge in [-0.05, 0) is 31.2 Å². The van der Waals surface area contributed by atoms with Crippen LogP contribution in [0.4, 0.5) is 5.69 Å². The number of rotatable bonds is 4. The van der Waals surface area contributed by atoms with Crippen molar-refractivity contribution in [2.75, 3.05) is 5.32 Å². The molecule has 96 valence electrons. The van der Waals surface area contributed by atoms with E-state index in [0.717, 1.165) is 0 Å². The third-order valence-corrected chi connectivity index (χ3v) is 3.41. The molecule has 0 aliphatic carbocycles. The van der Waals surface area contributed by atoms with Crippen molar-refractivity contribution in [3.05, 3.63) is 51.7 Å². The van der Waals surface area contributed by atoms with Crippen LogP contribution in [0.2, 0.25) is 0 Å². The van der Waals surface area contributed by atoms with Crippen molar-refractivity contribution in [1.29, 1.82) is 0 Å². The Labute approximate surface area is 116 Å². The first kappa shape index (κ1) is 14.5. The maximum absolute atomic E-state index is 11.0. The number of benzene rings is 1. The minimum absolute atomic E-state index is 0. The average molecular weight is 283 g/mol. The first-order chi connectivity index (χ1) is 8.16. The highest BCUT2D eigenvalue weighted by Crippen LogP contribution is 2.19. The van der Waals surface area contributed by atoms with Crippen molar-refractivity contribution in [2.45, 2.75) is 13.5 Å². The van der Waals surface area contributed by atoms with Gasteiger partial charge in [0, 0.05) is 22.0 Å². The van der Waals surface area contributed by atoms with Gasteiger partial charge >= 0.3 is 5.97 Å². The smallest absolute Gasteiger partial charge is 0.337 e. The molecule has 0 spiro atoms. The van der Waals surface area contributed by atoms with Gasteiger partial charge in [-0.1, -0.05) is 12.1 Å². The van der Waals surface area contributed by atoms with E-state index in [2.05, 4.69) is 24.4 Å². The summed E-state index contributed by atoms with van der Waals surface area (Å²) in [6.45, 7) is 2.71. The zero-order chi connectivity index (χ0) is 12.3. The molecule has 0 unspecified atom stereocenters. The third-order valence-electron chi connectivity index (χ3n) is 2.41. The Morgan fingerprint density at radius 3 is 2.61 bits per heavy atom. The summed E-state index contributed by atoms with van der Waals surface area (Å²) in [5.74, 6) is -0.907. The van der Waals surface area contributed by atoms with Crippen LogP contribution >= 0.6 is 11.3 Å². The van der Waals surface area contributed by atoms with Gasteiger partial charge in [0.15, 0.2) is 0 Å². The molecule has 3 nitrogen and oxygen atoms in total. The summed E-state index contributed by atoms with van der Waals surface area (Å²) in [6.07, 6.45) is 0. The highest BCUT2D eigenvalue weighted by molar-refractivity contribution is 7.11. The minimum atomic E-state index is -0.907. The van der Waals surface area contributed by atoms with Crippen LogP contribution in [0.3, 0.4) is 0 Å². The van der Waals surface area contributed by atoms with Gasteiger partial charge in [-0.3, -0.25) is 0 Å². The first-order valence-corrected chi connectivity index (χ1v) is 6.10. The number of hydrogen-bond donors (Lipinski definition) is 2. The Kier molecular flexibility index (Phi) is 5.19. The lowest BCUT2D eigenvalue weighted by molar-refractivity contribution is -0.0000190. The summed E-state index contributed by atoms with van der Waals surface area (Å²) in [5.41, 5.74) is 0.965. The van der Waals surface area contributed by atoms with Gasteiger partial charge in [0.1, 0.15) is 0 Å². The average Bonchev–Trinajstić information content (AvgIpc) is 2.73. The van der Waals surface area contributed by atoms with Crippen LogP contribution in [0, 0.1) is 6.92 Å². The molecule has 0 aliphatic rings. The van der Waals surface area contributed by atoms with Crippen LogP contribution in [0.5, 0.6) is 0 Å². The number of aryl methyl sites for hydroxylation is 1. The van der Waals surface area contributed by atoms with Crippen molar-refractivity contribution < 1.29 is 22.3 Å². The van der Waals surface area contributed by atoms with Crippen LogP contribution < -0.4 is 17.7 Å². The van der Waals surface area contributed by atoms with Crippen molar-refractivity contribution in [3.63, 3.8) is 0 Å². The lowest BCUT2D eigenvalue weighted by Gasteiger charge is -2.07. The largest absolute Gasteiger partial charge is 1.00 e. The fourth-order valence-corrected chi connectivity index (χ4v) is 2.42. The van der Waals surface area contributed by atoms with E-state index in [0.29, 0.717) is 17.8 Å². The topological polar surface area (TPSA) is 49.3 Å². The zero-order valence-electron chi connectivity index (χ0n) is 9.81. The molecule has 0 aliphatic heterocycles. The molecule has 0 saturated heterocycles. The summed E-state index contributed by atoms with van der Waals surface area (Å²) in [5, 5.41) is 12.2. The minimum Gasteiger partial charge on any atom is -1.00 e. The molecule has 0 radical (unpaired) electrons. The van der Waals surface area contributed by atoms with Crippen LogP contribution in [-0.2, 0) is 6.54 Å². The predicted octanol–water partition coefficient (Wildman–Crippen LogP) is 0.371. The summed E-state index contributed by atoms with van der Waals surface area (Å²) in [7, 11) is 0. The SMILES string of the molecule is Cc1ccc(CNc2ccccc2C(=O)O)s1.[Cl-]. The lowest BCUT2D eigenvalue weighted by atomic mass is 10.2. The number of nitrogens with one attached hydrogen (secondary N) is 1. The van der Waals surface area contributed by atoms with E-state index in [4.69, 9.17) is 5.11 Å². The summed E-state index contributed by atoms with van der Waals surface area (Å²) >= 11 is 1.71. The molecule has 2 N–H and O–H groups in total. The Bertz CT molecular complexity index is 539. The van der Waals surface area contributed by atoms with Crippen LogP contribution in [0.1, 0.15) is 20.1 Å². The molecule has 1 aromatic heterocycles. The Hall–Kier alpha value is -1.52. The van der Waals surface area contributed by atoms with Crippen LogP contribution in [0.15, 0.2) is 36.4 Å². The molecule has 0 saturated carbocycles. The molecule has 0 atom stereocenters. The number of carboxylic acids is 1. The molecular formula is C13H13ClNO2S-. The van der Waals surface area contributed by atoms with E-state index in [1.165, 1.54) is 9.75 Å². The quantitative estimate of drug-likeness (QED) is 0.852. The fraction of sp³-hybridized carbons (Fsp3) is 0.154. The second kappa shape index (κ2) is 6.42. The monoisotopic (exact) mass is 282 g/mol. The number of carboxylic acid groups (broad SMARTS) is 1. The van der Waals surface area contributed by atoms with Gasteiger partial charge in [0.05, 0.1) is 5.56 Å². The second-order valence-corrected chi connectivity index (χ2v) is 5.09. The number of thiophene rings is 1. The van der Waals surface area contributed by atoms with Crippen molar-refractivity contribution in [3.8, 4) is 0 Å². The van der Waals surface area contributed by atoms with Gasteiger partial charge in [0.25, 0.3) is 0 Å². The van der Waals surface area contributed by atoms with Gasteiger partial charge in [0.2, 0.25) is 0 Å². The molecule has 1 aromatic carbocycles.